The van der Waals surface area contributed by atoms with Crippen molar-refractivity contribution in [2.24, 2.45) is 0 Å². The van der Waals surface area contributed by atoms with Gasteiger partial charge in [0.05, 0.1) is 12.1 Å². The van der Waals surface area contributed by atoms with E-state index in [2.05, 4.69) is 0 Å². The van der Waals surface area contributed by atoms with E-state index >= 15 is 0 Å². The second-order valence-corrected chi connectivity index (χ2v) is 6.29. The minimum absolute atomic E-state index is 0.0828. The summed E-state index contributed by atoms with van der Waals surface area (Å²) in [5.41, 5.74) is -0.576. The number of fused-ring (bicyclic) bond motifs is 2. The average Bonchev–Trinajstić information content (AvgIpc) is 2.23. The van der Waals surface area contributed by atoms with E-state index in [1.54, 1.807) is 20.8 Å². The normalized spacial score (nSPS) is 36.4. The molecule has 2 heterocycles. The Morgan fingerprint density at radius 3 is 2.67 bits per heavy atom. The highest BCUT2D eigenvalue weighted by molar-refractivity contribution is 5.69. The molecule has 4 atom stereocenters. The third kappa shape index (κ3) is 2.60. The Labute approximate surface area is 107 Å². The molecule has 0 spiro atoms. The van der Waals surface area contributed by atoms with Gasteiger partial charge in [-0.1, -0.05) is 0 Å². The standard InChI is InChI=1S/C13H22FNO3/c1-13(2,3)18-12(17)15-8-5-4-6-9(15)11(14)10(16)7-8/h8-11,16H,4-7H2,1-3H3/t8?,9?,10?,11-/m1/s1. The van der Waals surface area contributed by atoms with E-state index < -0.39 is 30.0 Å². The molecule has 1 amide bonds. The lowest BCUT2D eigenvalue weighted by Gasteiger charge is -2.49. The van der Waals surface area contributed by atoms with E-state index in [-0.39, 0.29) is 6.04 Å². The van der Waals surface area contributed by atoms with Crippen LogP contribution in [0.3, 0.4) is 0 Å². The molecule has 2 saturated heterocycles. The van der Waals surface area contributed by atoms with Crippen LogP contribution in [-0.2, 0) is 4.74 Å². The van der Waals surface area contributed by atoms with Crippen molar-refractivity contribution >= 4 is 6.09 Å². The quantitative estimate of drug-likeness (QED) is 0.726. The van der Waals surface area contributed by atoms with E-state index in [0.29, 0.717) is 12.8 Å². The lowest BCUT2D eigenvalue weighted by Crippen LogP contribution is -2.62. The van der Waals surface area contributed by atoms with Gasteiger partial charge in [-0.25, -0.2) is 9.18 Å². The van der Waals surface area contributed by atoms with Crippen molar-refractivity contribution in [3.8, 4) is 0 Å². The number of piperidine rings is 2. The first-order valence-corrected chi connectivity index (χ1v) is 6.63. The number of ether oxygens (including phenoxy) is 1. The molecule has 0 saturated carbocycles. The summed E-state index contributed by atoms with van der Waals surface area (Å²) >= 11 is 0. The molecule has 4 nitrogen and oxygen atoms in total. The Kier molecular flexibility index (Phi) is 3.54. The maximum Gasteiger partial charge on any atom is 0.410 e. The number of alkyl halides is 1. The second kappa shape index (κ2) is 4.68. The van der Waals surface area contributed by atoms with Gasteiger partial charge in [0.25, 0.3) is 0 Å². The van der Waals surface area contributed by atoms with Gasteiger partial charge in [0.1, 0.15) is 11.8 Å². The molecule has 0 aromatic heterocycles. The van der Waals surface area contributed by atoms with Crippen molar-refractivity contribution in [1.29, 1.82) is 0 Å². The first-order chi connectivity index (χ1) is 8.29. The molecule has 3 unspecified atom stereocenters. The number of aliphatic hydroxyl groups excluding tert-OH is 1. The molecule has 2 fully saturated rings. The number of rotatable bonds is 0. The van der Waals surface area contributed by atoms with Gasteiger partial charge in [0, 0.05) is 6.04 Å². The monoisotopic (exact) mass is 259 g/mol. The third-order valence-electron chi connectivity index (χ3n) is 3.64. The predicted molar refractivity (Wildman–Crippen MR) is 65.0 cm³/mol. The smallest absolute Gasteiger partial charge is 0.410 e. The Hall–Kier alpha value is -0.840. The Morgan fingerprint density at radius 1 is 1.39 bits per heavy atom. The lowest BCUT2D eigenvalue weighted by molar-refractivity contribution is -0.0865. The maximum atomic E-state index is 14.0. The Morgan fingerprint density at radius 2 is 2.06 bits per heavy atom. The van der Waals surface area contributed by atoms with Crippen LogP contribution in [0.2, 0.25) is 0 Å². The number of aliphatic hydroxyl groups is 1. The van der Waals surface area contributed by atoms with Crippen LogP contribution < -0.4 is 0 Å². The highest BCUT2D eigenvalue weighted by Crippen LogP contribution is 2.36. The molecule has 0 radical (unpaired) electrons. The number of hydrogen-bond acceptors (Lipinski definition) is 3. The van der Waals surface area contributed by atoms with Gasteiger partial charge in [-0.2, -0.15) is 0 Å². The summed E-state index contributed by atoms with van der Waals surface area (Å²) in [6.07, 6.45) is -0.105. The highest BCUT2D eigenvalue weighted by Gasteiger charge is 2.48. The van der Waals surface area contributed by atoms with Crippen LogP contribution in [0.4, 0.5) is 9.18 Å². The van der Waals surface area contributed by atoms with Crippen LogP contribution in [-0.4, -0.2) is 46.1 Å². The van der Waals surface area contributed by atoms with Crippen molar-refractivity contribution in [3.05, 3.63) is 0 Å². The fraction of sp³-hybridized carbons (Fsp3) is 0.923. The summed E-state index contributed by atoms with van der Waals surface area (Å²) in [7, 11) is 0. The van der Waals surface area contributed by atoms with Crippen LogP contribution in [0.25, 0.3) is 0 Å². The first-order valence-electron chi connectivity index (χ1n) is 6.63. The van der Waals surface area contributed by atoms with Crippen molar-refractivity contribution in [1.82, 2.24) is 4.90 Å². The average molecular weight is 259 g/mol. The molecule has 2 rings (SSSR count). The van der Waals surface area contributed by atoms with Gasteiger partial charge in [-0.15, -0.1) is 0 Å². The van der Waals surface area contributed by atoms with Crippen molar-refractivity contribution < 1.29 is 19.0 Å². The van der Waals surface area contributed by atoms with Gasteiger partial charge in [-0.05, 0) is 46.5 Å². The number of halogens is 1. The largest absolute Gasteiger partial charge is 0.444 e. The van der Waals surface area contributed by atoms with Gasteiger partial charge in [0.15, 0.2) is 0 Å². The Balaban J connectivity index is 2.14. The molecule has 1 N–H and O–H groups in total. The van der Waals surface area contributed by atoms with Crippen molar-refractivity contribution in [2.75, 3.05) is 0 Å². The second-order valence-electron chi connectivity index (χ2n) is 6.29. The van der Waals surface area contributed by atoms with E-state index in [0.717, 1.165) is 12.8 Å². The summed E-state index contributed by atoms with van der Waals surface area (Å²) in [5, 5.41) is 9.66. The minimum atomic E-state index is -1.35. The van der Waals surface area contributed by atoms with E-state index in [1.165, 1.54) is 4.90 Å². The summed E-state index contributed by atoms with van der Waals surface area (Å²) in [6, 6.07) is -0.608. The third-order valence-corrected chi connectivity index (χ3v) is 3.64. The molecule has 2 aliphatic heterocycles. The van der Waals surface area contributed by atoms with Crippen molar-refractivity contribution in [2.45, 2.75) is 76.4 Å². The number of carbonyl (C=O) groups excluding carboxylic acids is 1. The van der Waals surface area contributed by atoms with Crippen LogP contribution in [0, 0.1) is 0 Å². The summed E-state index contributed by atoms with van der Waals surface area (Å²) in [6.45, 7) is 5.39. The summed E-state index contributed by atoms with van der Waals surface area (Å²) in [4.78, 5) is 13.7. The van der Waals surface area contributed by atoms with Crippen LogP contribution in [0.15, 0.2) is 0 Å². The van der Waals surface area contributed by atoms with Gasteiger partial charge < -0.3 is 9.84 Å². The molecule has 2 bridgehead atoms. The van der Waals surface area contributed by atoms with E-state index in [9.17, 15) is 14.3 Å². The molecular weight excluding hydrogens is 237 g/mol. The zero-order valence-electron chi connectivity index (χ0n) is 11.2. The first kappa shape index (κ1) is 13.6. The lowest BCUT2D eigenvalue weighted by atomic mass is 9.82. The molecule has 0 aromatic carbocycles. The van der Waals surface area contributed by atoms with Crippen LogP contribution in [0.5, 0.6) is 0 Å². The molecule has 0 aromatic rings. The topological polar surface area (TPSA) is 49.8 Å². The molecule has 104 valence electrons. The number of hydrogen-bond donors (Lipinski definition) is 1. The molecule has 5 heteroatoms. The highest BCUT2D eigenvalue weighted by atomic mass is 19.1. The summed E-state index contributed by atoms with van der Waals surface area (Å²) in [5.74, 6) is 0. The fourth-order valence-electron chi connectivity index (χ4n) is 2.92. The SMILES string of the molecule is CC(C)(C)OC(=O)N1C2CCCC1[C@@H](F)C(O)C2. The van der Waals surface area contributed by atoms with Crippen molar-refractivity contribution in [3.63, 3.8) is 0 Å². The van der Waals surface area contributed by atoms with Gasteiger partial charge in [-0.3, -0.25) is 4.90 Å². The molecular formula is C13H22FNO3. The van der Waals surface area contributed by atoms with E-state index in [4.69, 9.17) is 4.74 Å². The number of nitrogens with zero attached hydrogens (tertiary/aromatic N) is 1. The zero-order valence-corrected chi connectivity index (χ0v) is 11.2. The van der Waals surface area contributed by atoms with Crippen LogP contribution >= 0.6 is 0 Å². The summed E-state index contributed by atoms with van der Waals surface area (Å²) < 4.78 is 19.3. The van der Waals surface area contributed by atoms with Gasteiger partial charge >= 0.3 is 6.09 Å². The molecule has 0 aliphatic carbocycles. The fourth-order valence-corrected chi connectivity index (χ4v) is 2.92. The molecule has 18 heavy (non-hydrogen) atoms. The number of carbonyl (C=O) groups is 1. The van der Waals surface area contributed by atoms with Crippen LogP contribution in [0.1, 0.15) is 46.5 Å². The molecule has 2 aliphatic rings. The zero-order chi connectivity index (χ0) is 13.5. The minimum Gasteiger partial charge on any atom is -0.444 e. The van der Waals surface area contributed by atoms with E-state index in [1.807, 2.05) is 0 Å². The van der Waals surface area contributed by atoms with Gasteiger partial charge in [0.2, 0.25) is 0 Å². The predicted octanol–water partition coefficient (Wildman–Crippen LogP) is 2.25. The maximum absolute atomic E-state index is 14.0. The Bertz CT molecular complexity index is 329. The number of amides is 1.